The summed E-state index contributed by atoms with van der Waals surface area (Å²) in [6, 6.07) is 14.0. The number of hydrogen-bond acceptors (Lipinski definition) is 1. The zero-order valence-electron chi connectivity index (χ0n) is 10.4. The van der Waals surface area contributed by atoms with Gasteiger partial charge in [0, 0.05) is 0 Å². The molecular weight excluding hydrogens is 208 g/mol. The van der Waals surface area contributed by atoms with E-state index in [0.717, 1.165) is 18.4 Å². The first kappa shape index (κ1) is 11.7. The predicted molar refractivity (Wildman–Crippen MR) is 71.4 cm³/mol. The Labute approximate surface area is 103 Å². The van der Waals surface area contributed by atoms with Crippen LogP contribution in [0.25, 0.3) is 0 Å². The molecule has 0 atom stereocenters. The van der Waals surface area contributed by atoms with Crippen LogP contribution in [-0.4, -0.2) is 5.11 Å². The Hall–Kier alpha value is -1.76. The minimum Gasteiger partial charge on any atom is -0.508 e. The molecule has 0 aliphatic rings. The van der Waals surface area contributed by atoms with E-state index in [1.807, 2.05) is 18.2 Å². The molecule has 0 spiro atoms. The van der Waals surface area contributed by atoms with E-state index in [9.17, 15) is 5.11 Å². The summed E-state index contributed by atoms with van der Waals surface area (Å²) in [5.74, 6) is 0.401. The molecule has 0 heterocycles. The van der Waals surface area contributed by atoms with Crippen molar-refractivity contribution in [2.75, 3.05) is 0 Å². The highest BCUT2D eigenvalue weighted by atomic mass is 16.3. The molecule has 0 saturated heterocycles. The summed E-state index contributed by atoms with van der Waals surface area (Å²) < 4.78 is 0. The van der Waals surface area contributed by atoms with Crippen LogP contribution in [0.4, 0.5) is 0 Å². The molecule has 0 aromatic heterocycles. The highest BCUT2D eigenvalue weighted by Crippen LogP contribution is 2.20. The molecule has 1 N–H and O–H groups in total. The number of para-hydroxylation sites is 1. The van der Waals surface area contributed by atoms with Crippen molar-refractivity contribution in [2.24, 2.45) is 0 Å². The zero-order chi connectivity index (χ0) is 12.3. The number of rotatable bonds is 3. The smallest absolute Gasteiger partial charge is 0.118 e. The SMILES string of the molecule is Cc1cccc(CCc2ccccc2O)c1C. The Balaban J connectivity index is 2.13. The Morgan fingerprint density at radius 3 is 2.24 bits per heavy atom. The van der Waals surface area contributed by atoms with Gasteiger partial charge in [-0.2, -0.15) is 0 Å². The lowest BCUT2D eigenvalue weighted by molar-refractivity contribution is 0.468. The van der Waals surface area contributed by atoms with E-state index in [2.05, 4.69) is 32.0 Å². The fourth-order valence-corrected chi connectivity index (χ4v) is 2.07. The maximum Gasteiger partial charge on any atom is 0.118 e. The molecular formula is C16H18O. The number of benzene rings is 2. The monoisotopic (exact) mass is 226 g/mol. The van der Waals surface area contributed by atoms with Crippen molar-refractivity contribution in [2.45, 2.75) is 26.7 Å². The summed E-state index contributed by atoms with van der Waals surface area (Å²) in [5.41, 5.74) is 5.09. The summed E-state index contributed by atoms with van der Waals surface area (Å²) in [7, 11) is 0. The molecule has 0 bridgehead atoms. The Kier molecular flexibility index (Phi) is 3.48. The van der Waals surface area contributed by atoms with Gasteiger partial charge in [0.2, 0.25) is 0 Å². The molecule has 17 heavy (non-hydrogen) atoms. The minimum atomic E-state index is 0.401. The van der Waals surface area contributed by atoms with E-state index in [1.54, 1.807) is 6.07 Å². The van der Waals surface area contributed by atoms with Crippen molar-refractivity contribution in [3.05, 3.63) is 64.7 Å². The van der Waals surface area contributed by atoms with Crippen LogP contribution in [-0.2, 0) is 12.8 Å². The lowest BCUT2D eigenvalue weighted by atomic mass is 9.97. The molecule has 88 valence electrons. The Bertz CT molecular complexity index is 515. The van der Waals surface area contributed by atoms with Crippen LogP contribution < -0.4 is 0 Å². The van der Waals surface area contributed by atoms with E-state index in [-0.39, 0.29) is 0 Å². The van der Waals surface area contributed by atoms with Crippen molar-refractivity contribution < 1.29 is 5.11 Å². The van der Waals surface area contributed by atoms with Gasteiger partial charge in [0.05, 0.1) is 0 Å². The first-order chi connectivity index (χ1) is 8.18. The lowest BCUT2D eigenvalue weighted by Gasteiger charge is -2.09. The summed E-state index contributed by atoms with van der Waals surface area (Å²) in [4.78, 5) is 0. The standard InChI is InChI=1S/C16H18O/c1-12-6-5-8-14(13(12)2)10-11-15-7-3-4-9-16(15)17/h3-9,17H,10-11H2,1-2H3. The topological polar surface area (TPSA) is 20.2 Å². The highest BCUT2D eigenvalue weighted by molar-refractivity contribution is 5.36. The average Bonchev–Trinajstić information content (AvgIpc) is 2.33. The van der Waals surface area contributed by atoms with Crippen LogP contribution in [0.5, 0.6) is 5.75 Å². The van der Waals surface area contributed by atoms with Crippen molar-refractivity contribution in [3.8, 4) is 5.75 Å². The van der Waals surface area contributed by atoms with Crippen LogP contribution in [0.3, 0.4) is 0 Å². The van der Waals surface area contributed by atoms with Crippen LogP contribution in [0, 0.1) is 13.8 Å². The molecule has 0 unspecified atom stereocenters. The third kappa shape index (κ3) is 2.68. The van der Waals surface area contributed by atoms with E-state index in [0.29, 0.717) is 5.75 Å². The van der Waals surface area contributed by atoms with E-state index in [4.69, 9.17) is 0 Å². The van der Waals surface area contributed by atoms with Gasteiger partial charge in [-0.25, -0.2) is 0 Å². The lowest BCUT2D eigenvalue weighted by Crippen LogP contribution is -1.96. The fourth-order valence-electron chi connectivity index (χ4n) is 2.07. The number of hydrogen-bond donors (Lipinski definition) is 1. The van der Waals surface area contributed by atoms with Crippen molar-refractivity contribution in [1.82, 2.24) is 0 Å². The predicted octanol–water partition coefficient (Wildman–Crippen LogP) is 3.79. The molecule has 0 fully saturated rings. The largest absolute Gasteiger partial charge is 0.508 e. The van der Waals surface area contributed by atoms with Gasteiger partial charge >= 0.3 is 0 Å². The van der Waals surface area contributed by atoms with Crippen molar-refractivity contribution in [3.63, 3.8) is 0 Å². The van der Waals surface area contributed by atoms with E-state index < -0.39 is 0 Å². The van der Waals surface area contributed by atoms with Gasteiger partial charge in [-0.3, -0.25) is 0 Å². The first-order valence-electron chi connectivity index (χ1n) is 6.00. The maximum absolute atomic E-state index is 9.71. The first-order valence-corrected chi connectivity index (χ1v) is 6.00. The molecule has 1 nitrogen and oxygen atoms in total. The van der Waals surface area contributed by atoms with Crippen LogP contribution >= 0.6 is 0 Å². The van der Waals surface area contributed by atoms with Gasteiger partial charge in [-0.05, 0) is 55.0 Å². The van der Waals surface area contributed by atoms with Gasteiger partial charge in [0.25, 0.3) is 0 Å². The second-order valence-electron chi connectivity index (χ2n) is 4.49. The number of phenols is 1. The number of aromatic hydroxyl groups is 1. The quantitative estimate of drug-likeness (QED) is 0.844. The summed E-state index contributed by atoms with van der Waals surface area (Å²) >= 11 is 0. The van der Waals surface area contributed by atoms with Crippen LogP contribution in [0.15, 0.2) is 42.5 Å². The summed E-state index contributed by atoms with van der Waals surface area (Å²) in [5, 5.41) is 9.71. The Morgan fingerprint density at radius 1 is 0.824 bits per heavy atom. The second-order valence-corrected chi connectivity index (χ2v) is 4.49. The molecule has 0 radical (unpaired) electrons. The zero-order valence-corrected chi connectivity index (χ0v) is 10.4. The van der Waals surface area contributed by atoms with E-state index in [1.165, 1.54) is 16.7 Å². The third-order valence-electron chi connectivity index (χ3n) is 3.37. The molecule has 1 heteroatoms. The summed E-state index contributed by atoms with van der Waals surface area (Å²) in [6.45, 7) is 4.30. The molecule has 2 aromatic rings. The Morgan fingerprint density at radius 2 is 1.47 bits per heavy atom. The minimum absolute atomic E-state index is 0.401. The summed E-state index contributed by atoms with van der Waals surface area (Å²) in [6.07, 6.45) is 1.86. The van der Waals surface area contributed by atoms with Crippen LogP contribution in [0.1, 0.15) is 22.3 Å². The third-order valence-corrected chi connectivity index (χ3v) is 3.37. The van der Waals surface area contributed by atoms with Crippen LogP contribution in [0.2, 0.25) is 0 Å². The van der Waals surface area contributed by atoms with Gasteiger partial charge in [0.1, 0.15) is 5.75 Å². The molecule has 2 rings (SSSR count). The van der Waals surface area contributed by atoms with Crippen molar-refractivity contribution in [1.29, 1.82) is 0 Å². The molecule has 0 aliphatic heterocycles. The van der Waals surface area contributed by atoms with E-state index >= 15 is 0 Å². The highest BCUT2D eigenvalue weighted by Gasteiger charge is 2.03. The average molecular weight is 226 g/mol. The normalized spacial score (nSPS) is 10.5. The second kappa shape index (κ2) is 5.05. The number of aryl methyl sites for hydroxylation is 3. The van der Waals surface area contributed by atoms with Gasteiger partial charge < -0.3 is 5.11 Å². The van der Waals surface area contributed by atoms with Gasteiger partial charge in [-0.15, -0.1) is 0 Å². The van der Waals surface area contributed by atoms with Gasteiger partial charge in [-0.1, -0.05) is 36.4 Å². The fraction of sp³-hybridized carbons (Fsp3) is 0.250. The maximum atomic E-state index is 9.71. The van der Waals surface area contributed by atoms with Crippen molar-refractivity contribution >= 4 is 0 Å². The molecule has 0 aliphatic carbocycles. The van der Waals surface area contributed by atoms with Gasteiger partial charge in [0.15, 0.2) is 0 Å². The number of phenolic OH excluding ortho intramolecular Hbond substituents is 1. The molecule has 0 saturated carbocycles. The molecule has 2 aromatic carbocycles. The molecule has 0 amide bonds.